The molecular formula is C11H16N2O. The van der Waals surface area contributed by atoms with Gasteiger partial charge in [-0.2, -0.15) is 0 Å². The van der Waals surface area contributed by atoms with Gasteiger partial charge in [0.25, 0.3) is 0 Å². The summed E-state index contributed by atoms with van der Waals surface area (Å²) in [5.41, 5.74) is 13.0. The van der Waals surface area contributed by atoms with Gasteiger partial charge in [-0.1, -0.05) is 31.2 Å². The maximum Gasteiger partial charge on any atom is 0.234 e. The van der Waals surface area contributed by atoms with Crippen molar-refractivity contribution in [2.75, 3.05) is 0 Å². The molecule has 14 heavy (non-hydrogen) atoms. The van der Waals surface area contributed by atoms with Crippen molar-refractivity contribution in [2.24, 2.45) is 11.5 Å². The van der Waals surface area contributed by atoms with Gasteiger partial charge in [0.1, 0.15) is 0 Å². The second-order valence-corrected chi connectivity index (χ2v) is 3.39. The number of rotatable bonds is 4. The molecule has 0 aromatic heterocycles. The number of benzene rings is 1. The molecule has 0 heterocycles. The van der Waals surface area contributed by atoms with Crippen molar-refractivity contribution in [1.29, 1.82) is 0 Å². The Hall–Kier alpha value is -1.35. The Labute approximate surface area is 84.1 Å². The van der Waals surface area contributed by atoms with E-state index in [4.69, 9.17) is 11.5 Å². The summed E-state index contributed by atoms with van der Waals surface area (Å²) >= 11 is 0. The first-order valence-electron chi connectivity index (χ1n) is 4.76. The zero-order valence-corrected chi connectivity index (χ0v) is 8.36. The molecule has 1 aromatic carbocycles. The van der Waals surface area contributed by atoms with Crippen molar-refractivity contribution in [2.45, 2.75) is 25.8 Å². The monoisotopic (exact) mass is 192 g/mol. The minimum absolute atomic E-state index is 0.452. The second-order valence-electron chi connectivity index (χ2n) is 3.39. The van der Waals surface area contributed by atoms with Crippen LogP contribution in [-0.4, -0.2) is 11.9 Å². The van der Waals surface area contributed by atoms with E-state index in [0.29, 0.717) is 6.42 Å². The van der Waals surface area contributed by atoms with E-state index < -0.39 is 11.9 Å². The van der Waals surface area contributed by atoms with Crippen molar-refractivity contribution in [3.63, 3.8) is 0 Å². The summed E-state index contributed by atoms with van der Waals surface area (Å²) in [6.07, 6.45) is 1.50. The van der Waals surface area contributed by atoms with Crippen LogP contribution in [0.1, 0.15) is 18.1 Å². The largest absolute Gasteiger partial charge is 0.368 e. The predicted octanol–water partition coefficient (Wildman–Crippen LogP) is 0.604. The molecule has 0 radical (unpaired) electrons. The molecular weight excluding hydrogens is 176 g/mol. The second kappa shape index (κ2) is 4.77. The van der Waals surface area contributed by atoms with Crippen LogP contribution in [0.4, 0.5) is 0 Å². The summed E-state index contributed by atoms with van der Waals surface area (Å²) in [4.78, 5) is 10.8. The maximum atomic E-state index is 10.8. The summed E-state index contributed by atoms with van der Waals surface area (Å²) < 4.78 is 0. The molecule has 0 saturated carbocycles. The molecule has 0 saturated heterocycles. The average molecular weight is 192 g/mol. The number of primary amides is 1. The van der Waals surface area contributed by atoms with Gasteiger partial charge in [-0.05, 0) is 24.0 Å². The lowest BCUT2D eigenvalue weighted by Crippen LogP contribution is -2.38. The minimum atomic E-state index is -0.581. The van der Waals surface area contributed by atoms with Crippen molar-refractivity contribution in [1.82, 2.24) is 0 Å². The molecule has 3 nitrogen and oxygen atoms in total. The van der Waals surface area contributed by atoms with Crippen LogP contribution in [0.3, 0.4) is 0 Å². The van der Waals surface area contributed by atoms with Crippen LogP contribution in [-0.2, 0) is 17.6 Å². The van der Waals surface area contributed by atoms with Gasteiger partial charge in [-0.15, -0.1) is 0 Å². The molecule has 1 amide bonds. The third kappa shape index (κ3) is 2.85. The molecule has 0 fully saturated rings. The van der Waals surface area contributed by atoms with Crippen molar-refractivity contribution >= 4 is 5.91 Å². The summed E-state index contributed by atoms with van der Waals surface area (Å²) in [6, 6.07) is 7.47. The molecule has 3 heteroatoms. The summed E-state index contributed by atoms with van der Waals surface area (Å²) in [5.74, 6) is -0.452. The first-order chi connectivity index (χ1) is 6.63. The van der Waals surface area contributed by atoms with E-state index >= 15 is 0 Å². The molecule has 0 spiro atoms. The normalized spacial score (nSPS) is 12.4. The van der Waals surface area contributed by atoms with Crippen LogP contribution in [0, 0.1) is 0 Å². The number of hydrogen-bond donors (Lipinski definition) is 2. The number of carbonyl (C=O) groups excluding carboxylic acids is 1. The number of aryl methyl sites for hydroxylation is 1. The van der Waals surface area contributed by atoms with Crippen LogP contribution >= 0.6 is 0 Å². The van der Waals surface area contributed by atoms with Crippen LogP contribution in [0.5, 0.6) is 0 Å². The molecule has 1 aromatic rings. The van der Waals surface area contributed by atoms with Gasteiger partial charge in [-0.25, -0.2) is 0 Å². The molecule has 0 unspecified atom stereocenters. The maximum absolute atomic E-state index is 10.8. The molecule has 1 atom stereocenters. The zero-order valence-electron chi connectivity index (χ0n) is 8.36. The van der Waals surface area contributed by atoms with Crippen molar-refractivity contribution in [3.05, 3.63) is 35.4 Å². The Bertz CT molecular complexity index is 323. The molecule has 76 valence electrons. The Morgan fingerprint density at radius 1 is 1.43 bits per heavy atom. The van der Waals surface area contributed by atoms with Gasteiger partial charge < -0.3 is 11.5 Å². The van der Waals surface area contributed by atoms with Crippen molar-refractivity contribution in [3.8, 4) is 0 Å². The first kappa shape index (κ1) is 10.7. The van der Waals surface area contributed by atoms with E-state index in [2.05, 4.69) is 19.1 Å². The van der Waals surface area contributed by atoms with Gasteiger partial charge in [0.2, 0.25) is 5.91 Å². The molecule has 0 aliphatic rings. The lowest BCUT2D eigenvalue weighted by Gasteiger charge is -2.08. The summed E-state index contributed by atoms with van der Waals surface area (Å²) in [6.45, 7) is 2.09. The van der Waals surface area contributed by atoms with Gasteiger partial charge >= 0.3 is 0 Å². The van der Waals surface area contributed by atoms with Crippen LogP contribution in [0.25, 0.3) is 0 Å². The number of amides is 1. The van der Waals surface area contributed by atoms with Crippen LogP contribution < -0.4 is 11.5 Å². The number of carbonyl (C=O) groups is 1. The topological polar surface area (TPSA) is 69.1 Å². The SMILES string of the molecule is CCc1cccc(C[C@H](N)C(N)=O)c1. The Balaban J connectivity index is 2.71. The standard InChI is InChI=1S/C11H16N2O/c1-2-8-4-3-5-9(6-8)7-10(12)11(13)14/h3-6,10H,2,7,12H2,1H3,(H2,13,14)/t10-/m0/s1. The molecule has 4 N–H and O–H groups in total. The highest BCUT2D eigenvalue weighted by atomic mass is 16.1. The quantitative estimate of drug-likeness (QED) is 0.733. The predicted molar refractivity (Wildman–Crippen MR) is 56.7 cm³/mol. The van der Waals surface area contributed by atoms with Gasteiger partial charge in [0.15, 0.2) is 0 Å². The fraction of sp³-hybridized carbons (Fsp3) is 0.364. The highest BCUT2D eigenvalue weighted by Crippen LogP contribution is 2.07. The third-order valence-corrected chi connectivity index (χ3v) is 2.22. The van der Waals surface area contributed by atoms with Crippen molar-refractivity contribution < 1.29 is 4.79 Å². The number of nitrogens with two attached hydrogens (primary N) is 2. The molecule has 0 aliphatic heterocycles. The molecule has 0 aliphatic carbocycles. The fourth-order valence-electron chi connectivity index (χ4n) is 1.33. The molecule has 1 rings (SSSR count). The number of hydrogen-bond acceptors (Lipinski definition) is 2. The van der Waals surface area contributed by atoms with E-state index in [-0.39, 0.29) is 0 Å². The van der Waals surface area contributed by atoms with Crippen LogP contribution in [0.2, 0.25) is 0 Å². The lowest BCUT2D eigenvalue weighted by atomic mass is 10.0. The van der Waals surface area contributed by atoms with E-state index in [1.54, 1.807) is 0 Å². The Morgan fingerprint density at radius 3 is 2.64 bits per heavy atom. The van der Waals surface area contributed by atoms with Gasteiger partial charge in [0.05, 0.1) is 6.04 Å². The summed E-state index contributed by atoms with van der Waals surface area (Å²) in [5, 5.41) is 0. The van der Waals surface area contributed by atoms with E-state index in [9.17, 15) is 4.79 Å². The zero-order chi connectivity index (χ0) is 10.6. The highest BCUT2D eigenvalue weighted by Gasteiger charge is 2.09. The van der Waals surface area contributed by atoms with Gasteiger partial charge in [-0.3, -0.25) is 4.79 Å². The first-order valence-corrected chi connectivity index (χ1v) is 4.76. The smallest absolute Gasteiger partial charge is 0.234 e. The van der Waals surface area contributed by atoms with Crippen LogP contribution in [0.15, 0.2) is 24.3 Å². The Kier molecular flexibility index (Phi) is 3.65. The highest BCUT2D eigenvalue weighted by molar-refractivity contribution is 5.79. The third-order valence-electron chi connectivity index (χ3n) is 2.22. The average Bonchev–Trinajstić information content (AvgIpc) is 2.18. The summed E-state index contributed by atoms with van der Waals surface area (Å²) in [7, 11) is 0. The molecule has 0 bridgehead atoms. The Morgan fingerprint density at radius 2 is 2.07 bits per heavy atom. The van der Waals surface area contributed by atoms with Gasteiger partial charge in [0, 0.05) is 0 Å². The minimum Gasteiger partial charge on any atom is -0.368 e. The van der Waals surface area contributed by atoms with E-state index in [1.165, 1.54) is 5.56 Å². The lowest BCUT2D eigenvalue weighted by molar-refractivity contribution is -0.119. The fourth-order valence-corrected chi connectivity index (χ4v) is 1.33. The van der Waals surface area contributed by atoms with E-state index in [1.807, 2.05) is 12.1 Å². The van der Waals surface area contributed by atoms with E-state index in [0.717, 1.165) is 12.0 Å².